The number of hydrogen-bond acceptors (Lipinski definition) is 4. The molecular formula is C23H22FN3O4. The summed E-state index contributed by atoms with van der Waals surface area (Å²) < 4.78 is 27.6. The van der Waals surface area contributed by atoms with E-state index in [9.17, 15) is 14.0 Å². The van der Waals surface area contributed by atoms with Crippen LogP contribution in [0, 0.1) is 5.82 Å². The topological polar surface area (TPSA) is 74.0 Å². The number of carbonyl (C=O) groups excluding carboxylic acids is 1. The first-order chi connectivity index (χ1) is 15.0. The number of rotatable bonds is 7. The predicted octanol–water partition coefficient (Wildman–Crippen LogP) is 3.83. The van der Waals surface area contributed by atoms with Gasteiger partial charge in [0.15, 0.2) is 0 Å². The van der Waals surface area contributed by atoms with E-state index in [-0.39, 0.29) is 24.4 Å². The van der Waals surface area contributed by atoms with Crippen LogP contribution in [0.3, 0.4) is 0 Å². The highest BCUT2D eigenvalue weighted by molar-refractivity contribution is 5.92. The van der Waals surface area contributed by atoms with Gasteiger partial charge in [0.05, 0.1) is 30.9 Å². The molecule has 0 saturated heterocycles. The fraction of sp³-hybridized carbons (Fsp3) is 0.217. The molecule has 160 valence electrons. The van der Waals surface area contributed by atoms with Gasteiger partial charge in [0.25, 0.3) is 5.56 Å². The van der Waals surface area contributed by atoms with Crippen molar-refractivity contribution in [3.8, 4) is 11.5 Å². The summed E-state index contributed by atoms with van der Waals surface area (Å²) in [6.45, 7) is 0.285. The van der Waals surface area contributed by atoms with E-state index in [4.69, 9.17) is 9.47 Å². The van der Waals surface area contributed by atoms with Crippen LogP contribution in [0.5, 0.6) is 11.5 Å². The van der Waals surface area contributed by atoms with Crippen molar-refractivity contribution in [1.82, 2.24) is 8.97 Å². The summed E-state index contributed by atoms with van der Waals surface area (Å²) in [5, 5.41) is 2.81. The van der Waals surface area contributed by atoms with E-state index in [0.717, 1.165) is 5.52 Å². The van der Waals surface area contributed by atoms with Gasteiger partial charge in [-0.15, -0.1) is 0 Å². The average molecular weight is 423 g/mol. The first-order valence-electron chi connectivity index (χ1n) is 9.83. The highest BCUT2D eigenvalue weighted by Crippen LogP contribution is 2.29. The average Bonchev–Trinajstić information content (AvgIpc) is 3.26. The smallest absolute Gasteiger partial charge is 0.275 e. The predicted molar refractivity (Wildman–Crippen MR) is 117 cm³/mol. The first kappa shape index (κ1) is 20.5. The van der Waals surface area contributed by atoms with E-state index in [1.54, 1.807) is 54.1 Å². The van der Waals surface area contributed by atoms with Crippen molar-refractivity contribution >= 4 is 28.1 Å². The second kappa shape index (κ2) is 8.51. The van der Waals surface area contributed by atoms with Crippen LogP contribution in [0.1, 0.15) is 12.8 Å². The molecule has 0 radical (unpaired) electrons. The fourth-order valence-corrected chi connectivity index (χ4v) is 3.66. The van der Waals surface area contributed by atoms with Gasteiger partial charge in [0, 0.05) is 25.2 Å². The second-order valence-electron chi connectivity index (χ2n) is 7.07. The zero-order valence-electron chi connectivity index (χ0n) is 17.2. The molecule has 0 atom stereocenters. The Labute approximate surface area is 177 Å². The highest BCUT2D eigenvalue weighted by Gasteiger charge is 2.13. The number of carbonyl (C=O) groups is 1. The summed E-state index contributed by atoms with van der Waals surface area (Å²) in [5.74, 6) is 0.477. The molecular weight excluding hydrogens is 401 g/mol. The summed E-state index contributed by atoms with van der Waals surface area (Å²) in [4.78, 5) is 25.4. The van der Waals surface area contributed by atoms with Gasteiger partial charge in [0.2, 0.25) is 5.91 Å². The number of anilines is 1. The van der Waals surface area contributed by atoms with Gasteiger partial charge in [-0.1, -0.05) is 0 Å². The third-order valence-electron chi connectivity index (χ3n) is 5.17. The molecule has 1 N–H and O–H groups in total. The van der Waals surface area contributed by atoms with Crippen molar-refractivity contribution in [2.24, 2.45) is 0 Å². The maximum absolute atomic E-state index is 13.9. The molecule has 4 rings (SSSR count). The quantitative estimate of drug-likeness (QED) is 0.490. The van der Waals surface area contributed by atoms with Crippen LogP contribution in [-0.2, 0) is 11.3 Å². The van der Waals surface area contributed by atoms with Crippen LogP contribution in [0.4, 0.5) is 10.1 Å². The number of benzene rings is 2. The summed E-state index contributed by atoms with van der Waals surface area (Å²) in [6.07, 6.45) is 2.37. The molecule has 0 saturated carbocycles. The minimum absolute atomic E-state index is 0.185. The molecule has 2 heterocycles. The summed E-state index contributed by atoms with van der Waals surface area (Å²) >= 11 is 0. The largest absolute Gasteiger partial charge is 0.497 e. The van der Waals surface area contributed by atoms with Crippen LogP contribution in [0.25, 0.3) is 16.6 Å². The number of nitrogens with zero attached hydrogens (tertiary/aromatic N) is 2. The van der Waals surface area contributed by atoms with Crippen LogP contribution in [0.15, 0.2) is 59.5 Å². The van der Waals surface area contributed by atoms with Gasteiger partial charge in [-0.3, -0.25) is 9.59 Å². The van der Waals surface area contributed by atoms with Gasteiger partial charge in [0.1, 0.15) is 22.8 Å². The lowest BCUT2D eigenvalue weighted by molar-refractivity contribution is -0.116. The zero-order chi connectivity index (χ0) is 22.0. The van der Waals surface area contributed by atoms with Crippen LogP contribution >= 0.6 is 0 Å². The molecule has 31 heavy (non-hydrogen) atoms. The van der Waals surface area contributed by atoms with E-state index in [1.165, 1.54) is 23.8 Å². The molecule has 2 aromatic carbocycles. The Morgan fingerprint density at radius 2 is 1.87 bits per heavy atom. The van der Waals surface area contributed by atoms with Crippen molar-refractivity contribution < 1.29 is 18.7 Å². The lowest BCUT2D eigenvalue weighted by Gasteiger charge is -2.14. The van der Waals surface area contributed by atoms with Crippen molar-refractivity contribution in [2.75, 3.05) is 19.5 Å². The normalized spacial score (nSPS) is 11.1. The number of fused-ring (bicyclic) bond motifs is 3. The number of ether oxygens (including phenoxy) is 2. The Morgan fingerprint density at radius 3 is 2.65 bits per heavy atom. The summed E-state index contributed by atoms with van der Waals surface area (Å²) in [6, 6.07) is 13.0. The number of amides is 1. The van der Waals surface area contributed by atoms with E-state index in [0.29, 0.717) is 34.6 Å². The zero-order valence-corrected chi connectivity index (χ0v) is 17.2. The van der Waals surface area contributed by atoms with Crippen LogP contribution in [-0.4, -0.2) is 29.1 Å². The fourth-order valence-electron chi connectivity index (χ4n) is 3.66. The van der Waals surface area contributed by atoms with Gasteiger partial charge < -0.3 is 23.8 Å². The number of methoxy groups -OCH3 is 2. The van der Waals surface area contributed by atoms with Crippen LogP contribution in [0.2, 0.25) is 0 Å². The minimum atomic E-state index is -0.420. The lowest BCUT2D eigenvalue weighted by atomic mass is 10.2. The van der Waals surface area contributed by atoms with Gasteiger partial charge >= 0.3 is 0 Å². The number of halogens is 1. The van der Waals surface area contributed by atoms with Crippen molar-refractivity contribution in [3.05, 3.63) is 70.9 Å². The van der Waals surface area contributed by atoms with Gasteiger partial charge in [-0.25, -0.2) is 4.39 Å². The van der Waals surface area contributed by atoms with E-state index < -0.39 is 5.82 Å². The van der Waals surface area contributed by atoms with Gasteiger partial charge in [-0.2, -0.15) is 0 Å². The summed E-state index contributed by atoms with van der Waals surface area (Å²) in [5.41, 5.74) is 2.04. The number of aromatic nitrogens is 2. The maximum atomic E-state index is 13.9. The second-order valence-corrected chi connectivity index (χ2v) is 7.07. The molecule has 0 aliphatic rings. The lowest BCUT2D eigenvalue weighted by Crippen LogP contribution is -2.23. The van der Waals surface area contributed by atoms with Crippen molar-refractivity contribution in [2.45, 2.75) is 19.4 Å². The molecule has 8 heteroatoms. The van der Waals surface area contributed by atoms with Crippen LogP contribution < -0.4 is 20.3 Å². The standard InChI is InChI=1S/C23H22FN3O4/c1-30-16-8-9-17(21(14-16)31-2)25-22(28)6-4-12-27-20-13-15(24)7-10-18(20)26-11-3-5-19(26)23(27)29/h3,5,7-11,13-14H,4,6,12H2,1-2H3,(H,25,28). The highest BCUT2D eigenvalue weighted by atomic mass is 19.1. The molecule has 2 aromatic heterocycles. The molecule has 4 aromatic rings. The Balaban J connectivity index is 1.52. The molecule has 0 spiro atoms. The maximum Gasteiger partial charge on any atom is 0.275 e. The molecule has 1 amide bonds. The van der Waals surface area contributed by atoms with Crippen molar-refractivity contribution in [3.63, 3.8) is 0 Å². The van der Waals surface area contributed by atoms with E-state index in [2.05, 4.69) is 5.32 Å². The molecule has 0 aliphatic carbocycles. The van der Waals surface area contributed by atoms with Gasteiger partial charge in [-0.05, 0) is 48.9 Å². The molecule has 0 aliphatic heterocycles. The first-order valence-corrected chi connectivity index (χ1v) is 9.83. The number of aryl methyl sites for hydroxylation is 1. The summed E-state index contributed by atoms with van der Waals surface area (Å²) in [7, 11) is 3.06. The molecule has 0 unspecified atom stereocenters. The van der Waals surface area contributed by atoms with E-state index >= 15 is 0 Å². The molecule has 7 nitrogen and oxygen atoms in total. The number of hydrogen-bond donors (Lipinski definition) is 1. The van der Waals surface area contributed by atoms with Crippen molar-refractivity contribution in [1.29, 1.82) is 0 Å². The third kappa shape index (κ3) is 3.96. The number of nitrogens with one attached hydrogen (secondary N) is 1. The molecule has 0 fully saturated rings. The molecule has 0 bridgehead atoms. The Bertz CT molecular complexity index is 1330. The Hall–Kier alpha value is -3.81. The SMILES string of the molecule is COc1ccc(NC(=O)CCCn2c(=O)c3cccn3c3ccc(F)cc32)c(OC)c1. The Morgan fingerprint density at radius 1 is 1.03 bits per heavy atom. The Kier molecular flexibility index (Phi) is 5.62. The monoisotopic (exact) mass is 423 g/mol. The van der Waals surface area contributed by atoms with E-state index in [1.807, 2.05) is 0 Å². The third-order valence-corrected chi connectivity index (χ3v) is 5.17. The minimum Gasteiger partial charge on any atom is -0.497 e.